The maximum atomic E-state index is 13.0. The maximum absolute atomic E-state index is 13.0. The first kappa shape index (κ1) is 13.7. The zero-order valence-electron chi connectivity index (χ0n) is 11.4. The minimum absolute atomic E-state index is 0.0811. The van der Waals surface area contributed by atoms with Gasteiger partial charge in [0.05, 0.1) is 22.5 Å². The van der Waals surface area contributed by atoms with Crippen LogP contribution in [0.5, 0.6) is 0 Å². The Labute approximate surface area is 115 Å². The highest BCUT2D eigenvalue weighted by Crippen LogP contribution is 2.19. The number of nitriles is 1. The van der Waals surface area contributed by atoms with Gasteiger partial charge in [0.25, 0.3) is 5.91 Å². The predicted octanol–water partition coefficient (Wildman–Crippen LogP) is 2.30. The van der Waals surface area contributed by atoms with Crippen LogP contribution in [0.1, 0.15) is 27.3 Å². The van der Waals surface area contributed by atoms with E-state index in [-0.39, 0.29) is 17.2 Å². The average molecular weight is 272 g/mol. The molecule has 2 aromatic rings. The summed E-state index contributed by atoms with van der Waals surface area (Å²) in [6.07, 6.45) is 0. The van der Waals surface area contributed by atoms with Gasteiger partial charge in [-0.3, -0.25) is 9.48 Å². The molecule has 0 spiro atoms. The molecule has 0 bridgehead atoms. The Bertz CT molecular complexity index is 728. The van der Waals surface area contributed by atoms with E-state index in [0.29, 0.717) is 11.3 Å². The molecular formula is C14H13FN4O. The van der Waals surface area contributed by atoms with Crippen molar-refractivity contribution in [2.24, 2.45) is 7.05 Å². The Morgan fingerprint density at radius 3 is 2.70 bits per heavy atom. The van der Waals surface area contributed by atoms with Gasteiger partial charge in [0.15, 0.2) is 0 Å². The molecule has 0 aliphatic heterocycles. The van der Waals surface area contributed by atoms with E-state index in [9.17, 15) is 9.18 Å². The lowest BCUT2D eigenvalue weighted by molar-refractivity contribution is 0.102. The number of hydrogen-bond donors (Lipinski definition) is 1. The van der Waals surface area contributed by atoms with Gasteiger partial charge in [0.2, 0.25) is 0 Å². The van der Waals surface area contributed by atoms with E-state index >= 15 is 0 Å². The number of carbonyl (C=O) groups is 1. The molecule has 0 unspecified atom stereocenters. The molecule has 0 saturated heterocycles. The molecule has 2 rings (SSSR count). The first-order valence-corrected chi connectivity index (χ1v) is 5.95. The number of carbonyl (C=O) groups excluding carboxylic acids is 1. The zero-order chi connectivity index (χ0) is 14.9. The van der Waals surface area contributed by atoms with Crippen molar-refractivity contribution in [3.05, 3.63) is 46.5 Å². The maximum Gasteiger partial charge on any atom is 0.259 e. The number of rotatable bonds is 2. The molecule has 20 heavy (non-hydrogen) atoms. The molecule has 0 aliphatic carbocycles. The number of aromatic nitrogens is 2. The van der Waals surface area contributed by atoms with E-state index in [4.69, 9.17) is 5.26 Å². The lowest BCUT2D eigenvalue weighted by atomic mass is 10.1. The van der Waals surface area contributed by atoms with Crippen molar-refractivity contribution < 1.29 is 9.18 Å². The SMILES string of the molecule is Cc1nn(C)c(C)c1C(=O)Nc1ccc(F)cc1C#N. The summed E-state index contributed by atoms with van der Waals surface area (Å²) in [5.41, 5.74) is 2.14. The molecule has 6 heteroatoms. The van der Waals surface area contributed by atoms with Crippen LogP contribution in [0.15, 0.2) is 18.2 Å². The number of halogens is 1. The van der Waals surface area contributed by atoms with Gasteiger partial charge in [-0.1, -0.05) is 0 Å². The number of nitrogens with one attached hydrogen (secondary N) is 1. The first-order valence-electron chi connectivity index (χ1n) is 5.95. The molecule has 1 aromatic heterocycles. The molecule has 0 fully saturated rings. The van der Waals surface area contributed by atoms with Crippen LogP contribution in [0.3, 0.4) is 0 Å². The second-order valence-corrected chi connectivity index (χ2v) is 4.43. The van der Waals surface area contributed by atoms with Gasteiger partial charge in [-0.15, -0.1) is 0 Å². The van der Waals surface area contributed by atoms with Crippen molar-refractivity contribution in [1.29, 1.82) is 5.26 Å². The van der Waals surface area contributed by atoms with Crippen molar-refractivity contribution in [1.82, 2.24) is 9.78 Å². The standard InChI is InChI=1S/C14H13FN4O/c1-8-13(9(2)19(3)18-8)14(20)17-12-5-4-11(15)6-10(12)7-16/h4-6H,1-3H3,(H,17,20). The summed E-state index contributed by atoms with van der Waals surface area (Å²) >= 11 is 0. The number of benzene rings is 1. The molecule has 0 aliphatic rings. The highest BCUT2D eigenvalue weighted by molar-refractivity contribution is 6.06. The van der Waals surface area contributed by atoms with Crippen LogP contribution in [0.4, 0.5) is 10.1 Å². The molecule has 0 atom stereocenters. The van der Waals surface area contributed by atoms with E-state index < -0.39 is 5.82 Å². The summed E-state index contributed by atoms with van der Waals surface area (Å²) in [5.74, 6) is -0.885. The largest absolute Gasteiger partial charge is 0.321 e. The summed E-state index contributed by atoms with van der Waals surface area (Å²) < 4.78 is 14.7. The van der Waals surface area contributed by atoms with E-state index in [2.05, 4.69) is 10.4 Å². The topological polar surface area (TPSA) is 70.7 Å². The fraction of sp³-hybridized carbons (Fsp3) is 0.214. The zero-order valence-corrected chi connectivity index (χ0v) is 11.4. The molecule has 1 amide bonds. The summed E-state index contributed by atoms with van der Waals surface area (Å²) in [7, 11) is 1.75. The van der Waals surface area contributed by atoms with E-state index in [0.717, 1.165) is 11.8 Å². The molecule has 102 valence electrons. The van der Waals surface area contributed by atoms with Gasteiger partial charge >= 0.3 is 0 Å². The molecule has 1 N–H and O–H groups in total. The molecule has 0 radical (unpaired) electrons. The fourth-order valence-electron chi connectivity index (χ4n) is 2.01. The van der Waals surface area contributed by atoms with Crippen molar-refractivity contribution in [3.8, 4) is 6.07 Å². The van der Waals surface area contributed by atoms with Gasteiger partial charge in [0, 0.05) is 12.7 Å². The van der Waals surface area contributed by atoms with Gasteiger partial charge in [-0.25, -0.2) is 4.39 Å². The quantitative estimate of drug-likeness (QED) is 0.911. The second kappa shape index (κ2) is 5.13. The summed E-state index contributed by atoms with van der Waals surface area (Å²) in [5, 5.41) is 15.7. The van der Waals surface area contributed by atoms with Crippen molar-refractivity contribution in [3.63, 3.8) is 0 Å². The van der Waals surface area contributed by atoms with Crippen molar-refractivity contribution in [2.45, 2.75) is 13.8 Å². The van der Waals surface area contributed by atoms with Gasteiger partial charge in [-0.2, -0.15) is 10.4 Å². The van der Waals surface area contributed by atoms with Crippen LogP contribution < -0.4 is 5.32 Å². The molecule has 0 saturated carbocycles. The van der Waals surface area contributed by atoms with Gasteiger partial charge < -0.3 is 5.32 Å². The third-order valence-electron chi connectivity index (χ3n) is 3.09. The lowest BCUT2D eigenvalue weighted by Gasteiger charge is -2.07. The van der Waals surface area contributed by atoms with Crippen molar-refractivity contribution >= 4 is 11.6 Å². The molecule has 5 nitrogen and oxygen atoms in total. The lowest BCUT2D eigenvalue weighted by Crippen LogP contribution is -2.15. The van der Waals surface area contributed by atoms with Crippen LogP contribution in [-0.4, -0.2) is 15.7 Å². The Hall–Kier alpha value is -2.68. The second-order valence-electron chi connectivity index (χ2n) is 4.43. The Kier molecular flexibility index (Phi) is 3.53. The minimum Gasteiger partial charge on any atom is -0.321 e. The first-order chi connectivity index (χ1) is 9.43. The van der Waals surface area contributed by atoms with Crippen LogP contribution in [0.2, 0.25) is 0 Å². The van der Waals surface area contributed by atoms with Crippen LogP contribution >= 0.6 is 0 Å². The monoisotopic (exact) mass is 272 g/mol. The number of amides is 1. The van der Waals surface area contributed by atoms with E-state index in [1.54, 1.807) is 25.6 Å². The summed E-state index contributed by atoms with van der Waals surface area (Å²) in [6, 6.07) is 5.50. The van der Waals surface area contributed by atoms with Crippen LogP contribution in [-0.2, 0) is 7.05 Å². The molecule has 1 heterocycles. The molecular weight excluding hydrogens is 259 g/mol. The Morgan fingerprint density at radius 1 is 1.45 bits per heavy atom. The third kappa shape index (κ3) is 2.38. The van der Waals surface area contributed by atoms with Crippen molar-refractivity contribution in [2.75, 3.05) is 5.32 Å². The Morgan fingerprint density at radius 2 is 2.15 bits per heavy atom. The third-order valence-corrected chi connectivity index (χ3v) is 3.09. The number of hydrogen-bond acceptors (Lipinski definition) is 3. The Balaban J connectivity index is 2.36. The normalized spacial score (nSPS) is 10.2. The molecule has 1 aromatic carbocycles. The number of aryl methyl sites for hydroxylation is 2. The van der Waals surface area contributed by atoms with Gasteiger partial charge in [-0.05, 0) is 32.0 Å². The minimum atomic E-state index is -0.520. The highest BCUT2D eigenvalue weighted by Gasteiger charge is 2.18. The van der Waals surface area contributed by atoms with E-state index in [1.165, 1.54) is 12.1 Å². The fourth-order valence-corrected chi connectivity index (χ4v) is 2.01. The number of anilines is 1. The number of nitrogens with zero attached hydrogens (tertiary/aromatic N) is 3. The summed E-state index contributed by atoms with van der Waals surface area (Å²) in [4.78, 5) is 12.3. The van der Waals surface area contributed by atoms with Crippen LogP contribution in [0.25, 0.3) is 0 Å². The van der Waals surface area contributed by atoms with E-state index in [1.807, 2.05) is 6.07 Å². The summed E-state index contributed by atoms with van der Waals surface area (Å²) in [6.45, 7) is 3.52. The highest BCUT2D eigenvalue weighted by atomic mass is 19.1. The average Bonchev–Trinajstić information content (AvgIpc) is 2.65. The van der Waals surface area contributed by atoms with Crippen LogP contribution in [0, 0.1) is 31.0 Å². The smallest absolute Gasteiger partial charge is 0.259 e. The van der Waals surface area contributed by atoms with Gasteiger partial charge in [0.1, 0.15) is 11.9 Å². The predicted molar refractivity (Wildman–Crippen MR) is 71.8 cm³/mol.